The molecule has 0 saturated carbocycles. The summed E-state index contributed by atoms with van der Waals surface area (Å²) in [5, 5.41) is 0. The fourth-order valence-corrected chi connectivity index (χ4v) is 3.22. The highest BCUT2D eigenvalue weighted by molar-refractivity contribution is 6.20. The summed E-state index contributed by atoms with van der Waals surface area (Å²) in [5.41, 5.74) is 0.123. The van der Waals surface area contributed by atoms with Crippen molar-refractivity contribution in [3.63, 3.8) is 0 Å². The average Bonchev–Trinajstić information content (AvgIpc) is 3.11. The van der Waals surface area contributed by atoms with Crippen LogP contribution in [0.4, 0.5) is 0 Å². The summed E-state index contributed by atoms with van der Waals surface area (Å²) in [6.45, 7) is 3.42. The van der Waals surface area contributed by atoms with E-state index in [2.05, 4.69) is 0 Å². The number of methoxy groups -OCH3 is 2. The summed E-state index contributed by atoms with van der Waals surface area (Å²) in [6, 6.07) is 11.1. The van der Waals surface area contributed by atoms with E-state index in [4.69, 9.17) is 14.2 Å². The minimum Gasteiger partial charge on any atom is -0.465 e. The molecule has 3 rings (SSSR count). The zero-order chi connectivity index (χ0) is 22.7. The number of esters is 3. The standard InChI is InChI=1S/C23H21NO7/c1-13(2)31-21(26)15-10-11-24-16(12-15)17(22(27)29-3)18(23(28)30-4)19(24)20(25)14-8-6-5-7-9-14/h5-13H,1-4H3. The molecule has 160 valence electrons. The summed E-state index contributed by atoms with van der Waals surface area (Å²) in [4.78, 5) is 51.0. The minimum atomic E-state index is -0.880. The molecule has 0 aliphatic heterocycles. The zero-order valence-electron chi connectivity index (χ0n) is 17.5. The van der Waals surface area contributed by atoms with Crippen molar-refractivity contribution >= 4 is 29.2 Å². The van der Waals surface area contributed by atoms with Crippen molar-refractivity contribution in [3.05, 3.63) is 76.6 Å². The lowest BCUT2D eigenvalue weighted by Gasteiger charge is -2.09. The molecule has 1 aromatic carbocycles. The van der Waals surface area contributed by atoms with E-state index >= 15 is 0 Å². The van der Waals surface area contributed by atoms with Gasteiger partial charge in [0, 0.05) is 11.8 Å². The summed E-state index contributed by atoms with van der Waals surface area (Å²) < 4.78 is 16.3. The van der Waals surface area contributed by atoms with Crippen molar-refractivity contribution in [2.45, 2.75) is 20.0 Å². The van der Waals surface area contributed by atoms with Crippen LogP contribution >= 0.6 is 0 Å². The number of hydrogen-bond donors (Lipinski definition) is 0. The number of ether oxygens (including phenoxy) is 3. The first-order chi connectivity index (χ1) is 14.8. The highest BCUT2D eigenvalue weighted by Crippen LogP contribution is 2.29. The van der Waals surface area contributed by atoms with Crippen molar-refractivity contribution in [2.24, 2.45) is 0 Å². The first-order valence-corrected chi connectivity index (χ1v) is 9.45. The van der Waals surface area contributed by atoms with Crippen LogP contribution in [-0.2, 0) is 14.2 Å². The maximum Gasteiger partial charge on any atom is 0.341 e. The van der Waals surface area contributed by atoms with E-state index in [1.807, 2.05) is 0 Å². The van der Waals surface area contributed by atoms with Crippen LogP contribution in [0, 0.1) is 0 Å². The van der Waals surface area contributed by atoms with Crippen molar-refractivity contribution < 1.29 is 33.4 Å². The first kappa shape index (κ1) is 21.8. The summed E-state index contributed by atoms with van der Waals surface area (Å²) in [6.07, 6.45) is 1.08. The Kier molecular flexibility index (Phi) is 6.20. The van der Waals surface area contributed by atoms with Crippen LogP contribution < -0.4 is 0 Å². The van der Waals surface area contributed by atoms with Crippen LogP contribution in [0.3, 0.4) is 0 Å². The fourth-order valence-electron chi connectivity index (χ4n) is 3.22. The number of pyridine rings is 1. The molecule has 0 saturated heterocycles. The molecule has 8 nitrogen and oxygen atoms in total. The van der Waals surface area contributed by atoms with E-state index in [1.54, 1.807) is 44.2 Å². The van der Waals surface area contributed by atoms with Gasteiger partial charge in [0.2, 0.25) is 5.78 Å². The number of carbonyl (C=O) groups is 4. The number of fused-ring (bicyclic) bond motifs is 1. The van der Waals surface area contributed by atoms with Gasteiger partial charge < -0.3 is 18.6 Å². The van der Waals surface area contributed by atoms with Gasteiger partial charge in [0.1, 0.15) is 16.8 Å². The largest absolute Gasteiger partial charge is 0.465 e. The third-order valence-corrected chi connectivity index (χ3v) is 4.55. The van der Waals surface area contributed by atoms with Gasteiger partial charge in [-0.1, -0.05) is 30.3 Å². The molecular formula is C23H21NO7. The fraction of sp³-hybridized carbons (Fsp3) is 0.217. The molecule has 0 spiro atoms. The maximum absolute atomic E-state index is 13.3. The van der Waals surface area contributed by atoms with E-state index in [-0.39, 0.29) is 34.0 Å². The Morgan fingerprint density at radius 1 is 0.806 bits per heavy atom. The molecule has 0 unspecified atom stereocenters. The zero-order valence-corrected chi connectivity index (χ0v) is 17.5. The van der Waals surface area contributed by atoms with Gasteiger partial charge in [-0.05, 0) is 26.0 Å². The predicted molar refractivity (Wildman–Crippen MR) is 111 cm³/mol. The lowest BCUT2D eigenvalue weighted by Crippen LogP contribution is -2.15. The van der Waals surface area contributed by atoms with Gasteiger partial charge in [0.05, 0.1) is 31.4 Å². The molecule has 0 bridgehead atoms. The number of rotatable bonds is 6. The number of aromatic nitrogens is 1. The lowest BCUT2D eigenvalue weighted by atomic mass is 10.0. The summed E-state index contributed by atoms with van der Waals surface area (Å²) in [7, 11) is 2.30. The molecule has 2 heterocycles. The van der Waals surface area contributed by atoms with Crippen molar-refractivity contribution in [1.29, 1.82) is 0 Å². The molecule has 2 aromatic heterocycles. The molecule has 0 radical (unpaired) electrons. The van der Waals surface area contributed by atoms with Gasteiger partial charge in [0.25, 0.3) is 0 Å². The Morgan fingerprint density at radius 2 is 1.42 bits per heavy atom. The average molecular weight is 423 g/mol. The molecule has 8 heteroatoms. The van der Waals surface area contributed by atoms with Gasteiger partial charge >= 0.3 is 17.9 Å². The monoisotopic (exact) mass is 423 g/mol. The van der Waals surface area contributed by atoms with Crippen LogP contribution in [0.15, 0.2) is 48.7 Å². The van der Waals surface area contributed by atoms with Gasteiger partial charge in [-0.3, -0.25) is 4.79 Å². The summed E-state index contributed by atoms with van der Waals surface area (Å²) in [5.74, 6) is -2.83. The molecule has 31 heavy (non-hydrogen) atoms. The van der Waals surface area contributed by atoms with E-state index in [9.17, 15) is 19.2 Å². The Morgan fingerprint density at radius 3 is 2.00 bits per heavy atom. The van der Waals surface area contributed by atoms with E-state index in [0.717, 1.165) is 14.2 Å². The highest BCUT2D eigenvalue weighted by Gasteiger charge is 2.33. The predicted octanol–water partition coefficient (Wildman–Crippen LogP) is 3.31. The van der Waals surface area contributed by atoms with Crippen LogP contribution in [0.2, 0.25) is 0 Å². The Bertz CT molecular complexity index is 1180. The maximum atomic E-state index is 13.3. The summed E-state index contributed by atoms with van der Waals surface area (Å²) >= 11 is 0. The Balaban J connectivity index is 2.36. The normalized spacial score (nSPS) is 10.7. The smallest absolute Gasteiger partial charge is 0.341 e. The second-order valence-corrected chi connectivity index (χ2v) is 6.90. The first-order valence-electron chi connectivity index (χ1n) is 9.45. The molecular weight excluding hydrogens is 402 g/mol. The number of nitrogens with zero attached hydrogens (tertiary/aromatic N) is 1. The highest BCUT2D eigenvalue weighted by atomic mass is 16.5. The third-order valence-electron chi connectivity index (χ3n) is 4.55. The van der Waals surface area contributed by atoms with E-state index in [0.29, 0.717) is 5.56 Å². The van der Waals surface area contributed by atoms with Crippen molar-refractivity contribution in [2.75, 3.05) is 14.2 Å². The molecule has 0 aliphatic carbocycles. The molecule has 3 aromatic rings. The number of benzene rings is 1. The molecule has 0 amide bonds. The number of ketones is 1. The molecule has 0 fully saturated rings. The number of hydrogen-bond acceptors (Lipinski definition) is 7. The van der Waals surface area contributed by atoms with Crippen molar-refractivity contribution in [3.8, 4) is 0 Å². The van der Waals surface area contributed by atoms with Gasteiger partial charge in [-0.15, -0.1) is 0 Å². The SMILES string of the molecule is COC(=O)c1c(C(=O)OC)c2cc(C(=O)OC(C)C)ccn2c1C(=O)c1ccccc1. The van der Waals surface area contributed by atoms with E-state index in [1.165, 1.54) is 22.7 Å². The Hall–Kier alpha value is -3.94. The van der Waals surface area contributed by atoms with Gasteiger partial charge in [-0.2, -0.15) is 0 Å². The van der Waals surface area contributed by atoms with Crippen LogP contribution in [0.5, 0.6) is 0 Å². The minimum absolute atomic E-state index is 0.0720. The molecule has 0 atom stereocenters. The lowest BCUT2D eigenvalue weighted by molar-refractivity contribution is 0.0377. The van der Waals surface area contributed by atoms with Crippen LogP contribution in [0.1, 0.15) is 61.0 Å². The third kappa shape index (κ3) is 4.05. The van der Waals surface area contributed by atoms with Gasteiger partial charge in [-0.25, -0.2) is 14.4 Å². The Labute approximate surface area is 178 Å². The van der Waals surface area contributed by atoms with Crippen LogP contribution in [-0.4, -0.2) is 48.4 Å². The second-order valence-electron chi connectivity index (χ2n) is 6.90. The second kappa shape index (κ2) is 8.83. The van der Waals surface area contributed by atoms with E-state index < -0.39 is 23.7 Å². The molecule has 0 N–H and O–H groups in total. The van der Waals surface area contributed by atoms with Gasteiger partial charge in [0.15, 0.2) is 0 Å². The molecule has 0 aliphatic rings. The van der Waals surface area contributed by atoms with Crippen molar-refractivity contribution in [1.82, 2.24) is 4.40 Å². The van der Waals surface area contributed by atoms with Crippen LogP contribution in [0.25, 0.3) is 5.52 Å². The topological polar surface area (TPSA) is 100 Å². The number of carbonyl (C=O) groups excluding carboxylic acids is 4. The quantitative estimate of drug-likeness (QED) is 0.341.